The van der Waals surface area contributed by atoms with Gasteiger partial charge in [-0.2, -0.15) is 10.2 Å². The zero-order chi connectivity index (χ0) is 22.0. The van der Waals surface area contributed by atoms with E-state index >= 15 is 0 Å². The molecule has 0 atom stereocenters. The summed E-state index contributed by atoms with van der Waals surface area (Å²) >= 11 is 0. The van der Waals surface area contributed by atoms with E-state index in [1.54, 1.807) is 7.11 Å². The smallest absolute Gasteiger partial charge is 0.235 e. The van der Waals surface area contributed by atoms with Gasteiger partial charge in [0.1, 0.15) is 11.8 Å². The van der Waals surface area contributed by atoms with Gasteiger partial charge in [0.15, 0.2) is 0 Å². The molecule has 31 heavy (non-hydrogen) atoms. The standard InChI is InChI=1S/C25H28N4O2/c1-25(2,3)19-7-5-18(6-8-19)23-27-22(17-26)24(31-23)29-15-13-28(14-16-29)20-9-11-21(30-4)12-10-20/h5-12H,13-16H2,1-4H3. The number of ether oxygens (including phenoxy) is 1. The first kappa shape index (κ1) is 20.8. The number of nitrogens with zero attached hydrogens (tertiary/aromatic N) is 4. The average molecular weight is 417 g/mol. The van der Waals surface area contributed by atoms with Crippen LogP contribution in [0.4, 0.5) is 11.6 Å². The van der Waals surface area contributed by atoms with Crippen molar-refractivity contribution in [1.29, 1.82) is 5.26 Å². The molecule has 1 aliphatic heterocycles. The predicted octanol–water partition coefficient (Wildman–Crippen LogP) is 4.85. The van der Waals surface area contributed by atoms with Crippen LogP contribution in [0.1, 0.15) is 32.0 Å². The number of nitriles is 1. The summed E-state index contributed by atoms with van der Waals surface area (Å²) in [5, 5.41) is 9.62. The van der Waals surface area contributed by atoms with Crippen molar-refractivity contribution in [2.24, 2.45) is 0 Å². The zero-order valence-corrected chi connectivity index (χ0v) is 18.6. The number of piperazine rings is 1. The van der Waals surface area contributed by atoms with Gasteiger partial charge < -0.3 is 19.0 Å². The number of methoxy groups -OCH3 is 1. The van der Waals surface area contributed by atoms with E-state index in [2.05, 4.69) is 65.9 Å². The van der Waals surface area contributed by atoms with Crippen LogP contribution in [0.2, 0.25) is 0 Å². The van der Waals surface area contributed by atoms with Gasteiger partial charge in [0.05, 0.1) is 7.11 Å². The van der Waals surface area contributed by atoms with E-state index in [4.69, 9.17) is 9.15 Å². The first-order chi connectivity index (χ1) is 14.9. The van der Waals surface area contributed by atoms with Gasteiger partial charge in [-0.1, -0.05) is 32.9 Å². The minimum Gasteiger partial charge on any atom is -0.497 e. The summed E-state index contributed by atoms with van der Waals surface area (Å²) in [6.07, 6.45) is 0. The lowest BCUT2D eigenvalue weighted by atomic mass is 9.87. The lowest BCUT2D eigenvalue weighted by Crippen LogP contribution is -2.46. The minimum absolute atomic E-state index is 0.0850. The van der Waals surface area contributed by atoms with E-state index in [1.165, 1.54) is 5.56 Å². The molecule has 0 spiro atoms. The first-order valence-corrected chi connectivity index (χ1v) is 10.5. The van der Waals surface area contributed by atoms with Crippen molar-refractivity contribution >= 4 is 11.6 Å². The Balaban J connectivity index is 1.49. The van der Waals surface area contributed by atoms with Gasteiger partial charge in [-0.25, -0.2) is 0 Å². The second-order valence-electron chi connectivity index (χ2n) is 8.78. The molecule has 2 heterocycles. The van der Waals surface area contributed by atoms with Crippen molar-refractivity contribution < 1.29 is 9.15 Å². The molecule has 1 saturated heterocycles. The molecule has 160 valence electrons. The van der Waals surface area contributed by atoms with Crippen LogP contribution < -0.4 is 14.5 Å². The van der Waals surface area contributed by atoms with Gasteiger partial charge in [-0.3, -0.25) is 0 Å². The summed E-state index contributed by atoms with van der Waals surface area (Å²) in [5.41, 5.74) is 3.72. The number of rotatable bonds is 4. The molecule has 6 heteroatoms. The molecule has 1 fully saturated rings. The summed E-state index contributed by atoms with van der Waals surface area (Å²) in [7, 11) is 1.67. The maximum atomic E-state index is 9.62. The van der Waals surface area contributed by atoms with E-state index in [-0.39, 0.29) is 5.41 Å². The highest BCUT2D eigenvalue weighted by Gasteiger charge is 2.25. The highest BCUT2D eigenvalue weighted by atomic mass is 16.5. The first-order valence-electron chi connectivity index (χ1n) is 10.5. The minimum atomic E-state index is 0.0850. The molecule has 0 N–H and O–H groups in total. The third-order valence-electron chi connectivity index (χ3n) is 5.72. The average Bonchev–Trinajstić information content (AvgIpc) is 3.23. The van der Waals surface area contributed by atoms with Gasteiger partial charge in [0, 0.05) is 37.4 Å². The van der Waals surface area contributed by atoms with Crippen molar-refractivity contribution in [2.45, 2.75) is 26.2 Å². The van der Waals surface area contributed by atoms with Crippen LogP contribution in [0, 0.1) is 11.3 Å². The Kier molecular flexibility index (Phi) is 5.60. The van der Waals surface area contributed by atoms with Gasteiger partial charge in [0.2, 0.25) is 17.5 Å². The van der Waals surface area contributed by atoms with E-state index in [1.807, 2.05) is 24.3 Å². The molecule has 0 bridgehead atoms. The largest absolute Gasteiger partial charge is 0.497 e. The van der Waals surface area contributed by atoms with Crippen LogP contribution in [0.25, 0.3) is 11.5 Å². The van der Waals surface area contributed by atoms with Crippen molar-refractivity contribution in [3.63, 3.8) is 0 Å². The van der Waals surface area contributed by atoms with Gasteiger partial charge in [0.25, 0.3) is 0 Å². The molecule has 0 unspecified atom stereocenters. The quantitative estimate of drug-likeness (QED) is 0.606. The van der Waals surface area contributed by atoms with E-state index in [0.29, 0.717) is 17.5 Å². The molecule has 0 amide bonds. The van der Waals surface area contributed by atoms with Crippen molar-refractivity contribution in [2.75, 3.05) is 43.1 Å². The Bertz CT molecular complexity index is 1060. The van der Waals surface area contributed by atoms with Crippen LogP contribution in [0.3, 0.4) is 0 Å². The number of benzene rings is 2. The Labute approximate surface area is 183 Å². The summed E-state index contributed by atoms with van der Waals surface area (Å²) in [6, 6.07) is 18.5. The Hall–Kier alpha value is -3.46. The summed E-state index contributed by atoms with van der Waals surface area (Å²) in [4.78, 5) is 8.90. The Morgan fingerprint density at radius 2 is 1.55 bits per heavy atom. The number of hydrogen-bond acceptors (Lipinski definition) is 6. The van der Waals surface area contributed by atoms with Crippen molar-refractivity contribution in [3.05, 3.63) is 59.8 Å². The Morgan fingerprint density at radius 3 is 2.10 bits per heavy atom. The van der Waals surface area contributed by atoms with Gasteiger partial charge >= 0.3 is 0 Å². The van der Waals surface area contributed by atoms with E-state index < -0.39 is 0 Å². The second-order valence-corrected chi connectivity index (χ2v) is 8.78. The van der Waals surface area contributed by atoms with Crippen molar-refractivity contribution in [3.8, 4) is 23.3 Å². The molecule has 3 aromatic rings. The number of aromatic nitrogens is 1. The second kappa shape index (κ2) is 8.35. The highest BCUT2D eigenvalue weighted by molar-refractivity contribution is 5.61. The lowest BCUT2D eigenvalue weighted by Gasteiger charge is -2.35. The normalized spacial score (nSPS) is 14.4. The van der Waals surface area contributed by atoms with E-state index in [9.17, 15) is 5.26 Å². The highest BCUT2D eigenvalue weighted by Crippen LogP contribution is 2.31. The van der Waals surface area contributed by atoms with Crippen LogP contribution in [0.15, 0.2) is 52.9 Å². The van der Waals surface area contributed by atoms with Crippen LogP contribution in [-0.4, -0.2) is 38.3 Å². The molecule has 6 nitrogen and oxygen atoms in total. The predicted molar refractivity (Wildman–Crippen MR) is 123 cm³/mol. The lowest BCUT2D eigenvalue weighted by molar-refractivity contribution is 0.415. The molecule has 1 aromatic heterocycles. The molecule has 0 aliphatic carbocycles. The fraction of sp³-hybridized carbons (Fsp3) is 0.360. The van der Waals surface area contributed by atoms with Gasteiger partial charge in [-0.15, -0.1) is 0 Å². The molecule has 1 aliphatic rings. The summed E-state index contributed by atoms with van der Waals surface area (Å²) < 4.78 is 11.3. The molecule has 0 saturated carbocycles. The van der Waals surface area contributed by atoms with Crippen LogP contribution >= 0.6 is 0 Å². The Morgan fingerprint density at radius 1 is 0.935 bits per heavy atom. The number of anilines is 2. The topological polar surface area (TPSA) is 65.5 Å². The van der Waals surface area contributed by atoms with Crippen LogP contribution in [-0.2, 0) is 5.41 Å². The SMILES string of the molecule is COc1ccc(N2CCN(c3oc(-c4ccc(C(C)(C)C)cc4)nc3C#N)CC2)cc1. The number of oxazole rings is 1. The summed E-state index contributed by atoms with van der Waals surface area (Å²) in [5.74, 6) is 1.90. The van der Waals surface area contributed by atoms with E-state index in [0.717, 1.165) is 43.2 Å². The maximum absolute atomic E-state index is 9.62. The zero-order valence-electron chi connectivity index (χ0n) is 18.6. The molecular weight excluding hydrogens is 388 g/mol. The third kappa shape index (κ3) is 4.36. The van der Waals surface area contributed by atoms with Gasteiger partial charge in [-0.05, 0) is 47.4 Å². The fourth-order valence-corrected chi connectivity index (χ4v) is 3.80. The third-order valence-corrected chi connectivity index (χ3v) is 5.72. The van der Waals surface area contributed by atoms with Crippen LogP contribution in [0.5, 0.6) is 5.75 Å². The molecule has 0 radical (unpaired) electrons. The monoisotopic (exact) mass is 416 g/mol. The van der Waals surface area contributed by atoms with Crippen molar-refractivity contribution in [1.82, 2.24) is 4.98 Å². The number of hydrogen-bond donors (Lipinski definition) is 0. The fourth-order valence-electron chi connectivity index (χ4n) is 3.80. The molecule has 4 rings (SSSR count). The molecule has 2 aromatic carbocycles. The maximum Gasteiger partial charge on any atom is 0.235 e. The molecular formula is C25H28N4O2. The summed E-state index contributed by atoms with van der Waals surface area (Å²) in [6.45, 7) is 9.76.